The van der Waals surface area contributed by atoms with Gasteiger partial charge in [-0.3, -0.25) is 0 Å². The average Bonchev–Trinajstić information content (AvgIpc) is 2.08. The van der Waals surface area contributed by atoms with Crippen LogP contribution in [0.4, 0.5) is 0 Å². The Bertz CT molecular complexity index is 251. The maximum absolute atomic E-state index is 8.45. The van der Waals surface area contributed by atoms with E-state index in [0.717, 1.165) is 0 Å². The van der Waals surface area contributed by atoms with Crippen LogP contribution in [0.5, 0.6) is 11.6 Å². The van der Waals surface area contributed by atoms with E-state index in [1.807, 2.05) is 6.92 Å². The fourth-order valence-electron chi connectivity index (χ4n) is 0.791. The first-order valence-corrected chi connectivity index (χ1v) is 3.84. The summed E-state index contributed by atoms with van der Waals surface area (Å²) in [7, 11) is -1.82. The Morgan fingerprint density at radius 1 is 1.46 bits per heavy atom. The molecule has 0 radical (unpaired) electrons. The lowest BCUT2D eigenvalue weighted by molar-refractivity contribution is 0.286. The smallest absolute Gasteiger partial charge is 0.511 e. The number of hydrogen-bond acceptors (Lipinski definition) is 5. The zero-order valence-corrected chi connectivity index (χ0v) is 7.17. The number of rotatable bonds is 4. The maximum atomic E-state index is 8.45. The van der Waals surface area contributed by atoms with Gasteiger partial charge in [0.25, 0.3) is 0 Å². The summed E-state index contributed by atoms with van der Waals surface area (Å²) in [5, 5.41) is 16.9. The predicted octanol–water partition coefficient (Wildman–Crippen LogP) is -0.171. The summed E-state index contributed by atoms with van der Waals surface area (Å²) in [4.78, 5) is 3.85. The van der Waals surface area contributed by atoms with Gasteiger partial charge in [0, 0.05) is 6.07 Å². The summed E-state index contributed by atoms with van der Waals surface area (Å²) in [5.74, 6) is 0.751. The molecule has 5 nitrogen and oxygen atoms in total. The SMILES string of the molecule is CCOc1ccc(OB(O)O)cn1. The standard InChI is InChI=1S/C7H10BNO4/c1-2-12-7-4-3-6(5-9-7)13-8(10)11/h3-5,10-11H,2H2,1H3. The van der Waals surface area contributed by atoms with Crippen molar-refractivity contribution in [2.75, 3.05) is 6.61 Å². The van der Waals surface area contributed by atoms with Crippen LogP contribution >= 0.6 is 0 Å². The minimum absolute atomic E-state index is 0.276. The van der Waals surface area contributed by atoms with Crippen molar-refractivity contribution in [3.63, 3.8) is 0 Å². The molecule has 6 heteroatoms. The molecule has 1 rings (SSSR count). The Balaban J connectivity index is 2.59. The molecule has 70 valence electrons. The molecule has 0 aromatic carbocycles. The van der Waals surface area contributed by atoms with Crippen LogP contribution in [0, 0.1) is 0 Å². The molecule has 1 heterocycles. The molecule has 0 fully saturated rings. The highest BCUT2D eigenvalue weighted by molar-refractivity contribution is 6.33. The zero-order valence-electron chi connectivity index (χ0n) is 7.17. The van der Waals surface area contributed by atoms with E-state index in [9.17, 15) is 0 Å². The number of nitrogens with zero attached hydrogens (tertiary/aromatic N) is 1. The summed E-state index contributed by atoms with van der Waals surface area (Å²) in [6.45, 7) is 2.39. The van der Waals surface area contributed by atoms with Crippen LogP contribution in [0.2, 0.25) is 0 Å². The van der Waals surface area contributed by atoms with E-state index in [0.29, 0.717) is 12.5 Å². The molecule has 1 aromatic rings. The topological polar surface area (TPSA) is 71.8 Å². The Kier molecular flexibility index (Phi) is 3.54. The van der Waals surface area contributed by atoms with E-state index in [4.69, 9.17) is 14.8 Å². The van der Waals surface area contributed by atoms with Gasteiger partial charge in [0.05, 0.1) is 12.8 Å². The molecule has 1 aromatic heterocycles. The summed E-state index contributed by atoms with van der Waals surface area (Å²) in [5.41, 5.74) is 0. The number of hydrogen-bond donors (Lipinski definition) is 2. The van der Waals surface area contributed by atoms with Crippen LogP contribution in [0.15, 0.2) is 18.3 Å². The molecular formula is C7H10BNO4. The van der Waals surface area contributed by atoms with Gasteiger partial charge in [-0.2, -0.15) is 0 Å². The van der Waals surface area contributed by atoms with Crippen molar-refractivity contribution < 1.29 is 19.4 Å². The second-order valence-corrected chi connectivity index (χ2v) is 2.21. The molecule has 0 aliphatic carbocycles. The molecule has 0 saturated heterocycles. The molecule has 0 atom stereocenters. The van der Waals surface area contributed by atoms with Gasteiger partial charge < -0.3 is 19.4 Å². The largest absolute Gasteiger partial charge is 0.707 e. The van der Waals surface area contributed by atoms with Gasteiger partial charge in [0.15, 0.2) is 0 Å². The van der Waals surface area contributed by atoms with E-state index in [1.54, 1.807) is 6.07 Å². The normalized spacial score (nSPS) is 9.46. The van der Waals surface area contributed by atoms with Crippen molar-refractivity contribution in [1.82, 2.24) is 4.98 Å². The van der Waals surface area contributed by atoms with Crippen LogP contribution in [0.3, 0.4) is 0 Å². The highest BCUT2D eigenvalue weighted by atomic mass is 16.6. The molecule has 0 aliphatic heterocycles. The van der Waals surface area contributed by atoms with E-state index in [-0.39, 0.29) is 5.75 Å². The highest BCUT2D eigenvalue weighted by Crippen LogP contribution is 2.13. The van der Waals surface area contributed by atoms with E-state index in [2.05, 4.69) is 9.64 Å². The first kappa shape index (κ1) is 9.82. The predicted molar refractivity (Wildman–Crippen MR) is 46.2 cm³/mol. The summed E-state index contributed by atoms with van der Waals surface area (Å²) in [6.07, 6.45) is 1.35. The second kappa shape index (κ2) is 4.69. The molecular weight excluding hydrogens is 173 g/mol. The summed E-state index contributed by atoms with van der Waals surface area (Å²) in [6, 6.07) is 3.12. The molecule has 0 bridgehead atoms. The molecule has 0 spiro atoms. The van der Waals surface area contributed by atoms with Gasteiger partial charge in [0.1, 0.15) is 5.75 Å². The van der Waals surface area contributed by atoms with Crippen molar-refractivity contribution >= 4 is 7.32 Å². The van der Waals surface area contributed by atoms with Crippen LogP contribution < -0.4 is 9.39 Å². The maximum Gasteiger partial charge on any atom is 0.707 e. The van der Waals surface area contributed by atoms with Gasteiger partial charge >= 0.3 is 7.32 Å². The molecule has 13 heavy (non-hydrogen) atoms. The van der Waals surface area contributed by atoms with E-state index < -0.39 is 7.32 Å². The van der Waals surface area contributed by atoms with Crippen molar-refractivity contribution in [2.45, 2.75) is 6.92 Å². The van der Waals surface area contributed by atoms with Crippen LogP contribution in [-0.2, 0) is 0 Å². The number of ether oxygens (including phenoxy) is 1. The lowest BCUT2D eigenvalue weighted by atomic mass is 10.2. The van der Waals surface area contributed by atoms with Crippen LogP contribution in [0.25, 0.3) is 0 Å². The third-order valence-corrected chi connectivity index (χ3v) is 1.24. The Hall–Kier alpha value is -1.27. The number of aromatic nitrogens is 1. The fourth-order valence-corrected chi connectivity index (χ4v) is 0.791. The Morgan fingerprint density at radius 2 is 2.23 bits per heavy atom. The van der Waals surface area contributed by atoms with Crippen molar-refractivity contribution in [1.29, 1.82) is 0 Å². The second-order valence-electron chi connectivity index (χ2n) is 2.21. The van der Waals surface area contributed by atoms with Crippen LogP contribution in [0.1, 0.15) is 6.92 Å². The van der Waals surface area contributed by atoms with Gasteiger partial charge in [-0.1, -0.05) is 0 Å². The first-order valence-electron chi connectivity index (χ1n) is 3.84. The summed E-state index contributed by atoms with van der Waals surface area (Å²) >= 11 is 0. The molecule has 0 aliphatic rings. The third kappa shape index (κ3) is 3.31. The lowest BCUT2D eigenvalue weighted by Crippen LogP contribution is -2.20. The fraction of sp³-hybridized carbons (Fsp3) is 0.286. The van der Waals surface area contributed by atoms with E-state index >= 15 is 0 Å². The highest BCUT2D eigenvalue weighted by Gasteiger charge is 2.10. The quantitative estimate of drug-likeness (QED) is 0.634. The Morgan fingerprint density at radius 3 is 2.69 bits per heavy atom. The third-order valence-electron chi connectivity index (χ3n) is 1.24. The van der Waals surface area contributed by atoms with Gasteiger partial charge in [0.2, 0.25) is 5.88 Å². The average molecular weight is 183 g/mol. The minimum atomic E-state index is -1.82. The molecule has 0 amide bonds. The van der Waals surface area contributed by atoms with Gasteiger partial charge in [-0.25, -0.2) is 4.98 Å². The van der Waals surface area contributed by atoms with Crippen molar-refractivity contribution in [3.05, 3.63) is 18.3 Å². The molecule has 2 N–H and O–H groups in total. The Labute approximate surface area is 76.1 Å². The van der Waals surface area contributed by atoms with Crippen molar-refractivity contribution in [3.8, 4) is 11.6 Å². The monoisotopic (exact) mass is 183 g/mol. The summed E-state index contributed by atoms with van der Waals surface area (Å²) < 4.78 is 9.61. The molecule has 0 unspecified atom stereocenters. The van der Waals surface area contributed by atoms with Crippen molar-refractivity contribution in [2.24, 2.45) is 0 Å². The van der Waals surface area contributed by atoms with Gasteiger partial charge in [-0.05, 0) is 13.0 Å². The molecule has 0 saturated carbocycles. The zero-order chi connectivity index (χ0) is 9.68. The number of pyridine rings is 1. The van der Waals surface area contributed by atoms with Gasteiger partial charge in [-0.15, -0.1) is 0 Å². The lowest BCUT2D eigenvalue weighted by Gasteiger charge is -2.05. The van der Waals surface area contributed by atoms with Crippen LogP contribution in [-0.4, -0.2) is 29.0 Å². The van der Waals surface area contributed by atoms with E-state index in [1.165, 1.54) is 12.3 Å². The first-order chi connectivity index (χ1) is 6.22. The minimum Gasteiger partial charge on any atom is -0.511 e.